The molecule has 0 aliphatic carbocycles. The summed E-state index contributed by atoms with van der Waals surface area (Å²) in [5, 5.41) is 6.32. The van der Waals surface area contributed by atoms with Crippen molar-refractivity contribution in [1.82, 2.24) is 5.32 Å². The Morgan fingerprint density at radius 3 is 2.75 bits per heavy atom. The van der Waals surface area contributed by atoms with Gasteiger partial charge in [-0.25, -0.2) is 0 Å². The number of hydrogen-bond acceptors (Lipinski definition) is 3. The summed E-state index contributed by atoms with van der Waals surface area (Å²) in [5.41, 5.74) is 2.34. The summed E-state index contributed by atoms with van der Waals surface area (Å²) >= 11 is 11.7. The van der Waals surface area contributed by atoms with Crippen LogP contribution in [0.5, 0.6) is 5.75 Å². The normalized spacial score (nSPS) is 12.4. The van der Waals surface area contributed by atoms with Crippen molar-refractivity contribution in [3.63, 3.8) is 0 Å². The van der Waals surface area contributed by atoms with Crippen molar-refractivity contribution in [3.05, 3.63) is 49.1 Å². The molecule has 0 saturated heterocycles. The number of hydrogen-bond donors (Lipinski definition) is 1. The Kier molecular flexibility index (Phi) is 5.49. The summed E-state index contributed by atoms with van der Waals surface area (Å²) in [4.78, 5) is 1.18. The van der Waals surface area contributed by atoms with Gasteiger partial charge in [-0.15, -0.1) is 11.3 Å². The average molecular weight is 375 g/mol. The molecule has 1 unspecified atom stereocenters. The van der Waals surface area contributed by atoms with E-state index in [1.807, 2.05) is 26.1 Å². The van der Waals surface area contributed by atoms with E-state index in [0.717, 1.165) is 27.2 Å². The van der Waals surface area contributed by atoms with E-state index >= 15 is 0 Å². The molecule has 2 rings (SSSR count). The molecule has 1 N–H and O–H groups in total. The second kappa shape index (κ2) is 6.94. The fourth-order valence-electron chi connectivity index (χ4n) is 2.07. The van der Waals surface area contributed by atoms with E-state index in [-0.39, 0.29) is 6.04 Å². The minimum atomic E-state index is 0.199. The van der Waals surface area contributed by atoms with Crippen LogP contribution in [0, 0.1) is 6.92 Å². The van der Waals surface area contributed by atoms with Gasteiger partial charge >= 0.3 is 0 Å². The zero-order valence-electron chi connectivity index (χ0n) is 11.7. The number of rotatable bonds is 5. The molecule has 108 valence electrons. The molecule has 5 heteroatoms. The number of halogens is 2. The van der Waals surface area contributed by atoms with E-state index in [9.17, 15) is 0 Å². The van der Waals surface area contributed by atoms with Crippen molar-refractivity contribution in [3.8, 4) is 5.75 Å². The van der Waals surface area contributed by atoms with Gasteiger partial charge in [-0.3, -0.25) is 0 Å². The van der Waals surface area contributed by atoms with Gasteiger partial charge < -0.3 is 10.1 Å². The van der Waals surface area contributed by atoms with Crippen LogP contribution >= 0.6 is 38.9 Å². The molecule has 0 aliphatic rings. The Labute approximate surface area is 137 Å². The summed E-state index contributed by atoms with van der Waals surface area (Å²) in [5.74, 6) is 0.867. The third-order valence-corrected chi connectivity index (χ3v) is 5.87. The molecule has 1 aromatic heterocycles. The second-order valence-corrected chi connectivity index (χ2v) is 6.74. The molecule has 1 heterocycles. The van der Waals surface area contributed by atoms with Gasteiger partial charge in [0.15, 0.2) is 0 Å². The second-order valence-electron chi connectivity index (χ2n) is 4.60. The first-order valence-corrected chi connectivity index (χ1v) is 8.35. The van der Waals surface area contributed by atoms with Crippen LogP contribution in [-0.2, 0) is 6.42 Å². The van der Waals surface area contributed by atoms with E-state index in [1.54, 1.807) is 18.4 Å². The standard InChI is InChI=1S/C15H17BrClNOS/c1-9-8-20-15(14(9)17)13(18-2)7-10-6-11(19-3)4-5-12(10)16/h4-6,8,13,18H,7H2,1-3H3. The van der Waals surface area contributed by atoms with Crippen LogP contribution < -0.4 is 10.1 Å². The Balaban J connectivity index is 2.29. The number of benzene rings is 1. The highest BCUT2D eigenvalue weighted by molar-refractivity contribution is 9.10. The number of ether oxygens (including phenoxy) is 1. The van der Waals surface area contributed by atoms with Gasteiger partial charge in [0.2, 0.25) is 0 Å². The largest absolute Gasteiger partial charge is 0.497 e. The van der Waals surface area contributed by atoms with Gasteiger partial charge in [-0.2, -0.15) is 0 Å². The summed E-state index contributed by atoms with van der Waals surface area (Å²) < 4.78 is 6.38. The lowest BCUT2D eigenvalue weighted by atomic mass is 10.0. The van der Waals surface area contributed by atoms with Crippen LogP contribution in [0.3, 0.4) is 0 Å². The van der Waals surface area contributed by atoms with Gasteiger partial charge in [-0.1, -0.05) is 27.5 Å². The van der Waals surface area contributed by atoms with Crippen molar-refractivity contribution in [1.29, 1.82) is 0 Å². The maximum Gasteiger partial charge on any atom is 0.119 e. The minimum absolute atomic E-state index is 0.199. The van der Waals surface area contributed by atoms with Gasteiger partial charge in [0, 0.05) is 15.4 Å². The SMILES string of the molecule is CNC(Cc1cc(OC)ccc1Br)c1scc(C)c1Cl. The molecule has 2 nitrogen and oxygen atoms in total. The quantitative estimate of drug-likeness (QED) is 0.796. The molecule has 0 radical (unpaired) electrons. The lowest BCUT2D eigenvalue weighted by molar-refractivity contribution is 0.414. The molecule has 20 heavy (non-hydrogen) atoms. The number of thiophene rings is 1. The highest BCUT2D eigenvalue weighted by atomic mass is 79.9. The fraction of sp³-hybridized carbons (Fsp3) is 0.333. The molecule has 0 saturated carbocycles. The van der Waals surface area contributed by atoms with E-state index in [1.165, 1.54) is 10.4 Å². The lowest BCUT2D eigenvalue weighted by Crippen LogP contribution is -2.18. The Bertz CT molecular complexity index is 600. The van der Waals surface area contributed by atoms with Crippen LogP contribution in [-0.4, -0.2) is 14.2 Å². The van der Waals surface area contributed by atoms with Crippen LogP contribution in [0.2, 0.25) is 5.02 Å². The van der Waals surface area contributed by atoms with Crippen molar-refractivity contribution >= 4 is 38.9 Å². The van der Waals surface area contributed by atoms with Crippen molar-refractivity contribution < 1.29 is 4.74 Å². The smallest absolute Gasteiger partial charge is 0.119 e. The number of nitrogens with one attached hydrogen (secondary N) is 1. The number of methoxy groups -OCH3 is 1. The van der Waals surface area contributed by atoms with Crippen molar-refractivity contribution in [2.24, 2.45) is 0 Å². The lowest BCUT2D eigenvalue weighted by Gasteiger charge is -2.17. The van der Waals surface area contributed by atoms with E-state index < -0.39 is 0 Å². The molecule has 0 amide bonds. The first-order chi connectivity index (χ1) is 9.56. The van der Waals surface area contributed by atoms with E-state index in [4.69, 9.17) is 16.3 Å². The topological polar surface area (TPSA) is 21.3 Å². The Hall–Kier alpha value is -0.550. The van der Waals surface area contributed by atoms with Gasteiger partial charge in [0.1, 0.15) is 5.75 Å². The summed E-state index contributed by atoms with van der Waals surface area (Å²) in [7, 11) is 3.65. The predicted octanol–water partition coefficient (Wildman–Crippen LogP) is 4.98. The van der Waals surface area contributed by atoms with E-state index in [0.29, 0.717) is 0 Å². The van der Waals surface area contributed by atoms with Gasteiger partial charge in [-0.05, 0) is 55.1 Å². The highest BCUT2D eigenvalue weighted by Crippen LogP contribution is 2.35. The van der Waals surface area contributed by atoms with Crippen LogP contribution in [0.4, 0.5) is 0 Å². The average Bonchev–Trinajstić information content (AvgIpc) is 2.78. The Morgan fingerprint density at radius 1 is 1.45 bits per heavy atom. The molecule has 2 aromatic rings. The monoisotopic (exact) mass is 373 g/mol. The summed E-state index contributed by atoms with van der Waals surface area (Å²) in [6.45, 7) is 2.04. The van der Waals surface area contributed by atoms with Crippen molar-refractivity contribution in [2.75, 3.05) is 14.2 Å². The number of likely N-dealkylation sites (N-methyl/N-ethyl adjacent to an activating group) is 1. The molecule has 0 bridgehead atoms. The Morgan fingerprint density at radius 2 is 2.20 bits per heavy atom. The maximum atomic E-state index is 6.38. The third-order valence-electron chi connectivity index (χ3n) is 3.27. The van der Waals surface area contributed by atoms with Gasteiger partial charge in [0.05, 0.1) is 12.1 Å². The molecule has 1 aromatic carbocycles. The summed E-state index contributed by atoms with van der Waals surface area (Å²) in [6.07, 6.45) is 0.855. The van der Waals surface area contributed by atoms with Crippen LogP contribution in [0.25, 0.3) is 0 Å². The molecular formula is C15H17BrClNOS. The first kappa shape index (κ1) is 15.8. The first-order valence-electron chi connectivity index (χ1n) is 6.30. The van der Waals surface area contributed by atoms with E-state index in [2.05, 4.69) is 32.7 Å². The third kappa shape index (κ3) is 3.37. The predicted molar refractivity (Wildman–Crippen MR) is 90.3 cm³/mol. The van der Waals surface area contributed by atoms with Gasteiger partial charge in [0.25, 0.3) is 0 Å². The van der Waals surface area contributed by atoms with Crippen LogP contribution in [0.15, 0.2) is 28.1 Å². The summed E-state index contributed by atoms with van der Waals surface area (Å²) in [6, 6.07) is 6.22. The zero-order chi connectivity index (χ0) is 14.7. The molecule has 1 atom stereocenters. The fourth-order valence-corrected chi connectivity index (χ4v) is 3.91. The maximum absolute atomic E-state index is 6.38. The minimum Gasteiger partial charge on any atom is -0.497 e. The number of aryl methyl sites for hydroxylation is 1. The molecule has 0 fully saturated rings. The molecular weight excluding hydrogens is 358 g/mol. The molecule has 0 aliphatic heterocycles. The molecule has 0 spiro atoms. The van der Waals surface area contributed by atoms with Crippen LogP contribution in [0.1, 0.15) is 22.0 Å². The highest BCUT2D eigenvalue weighted by Gasteiger charge is 2.18. The zero-order valence-corrected chi connectivity index (χ0v) is 14.8. The van der Waals surface area contributed by atoms with Crippen molar-refractivity contribution in [2.45, 2.75) is 19.4 Å².